The highest BCUT2D eigenvalue weighted by Gasteiger charge is 2.80. The zero-order valence-corrected chi connectivity index (χ0v) is 14.9. The molecule has 5 rings (SSSR count). The molecule has 1 amide bonds. The van der Waals surface area contributed by atoms with E-state index in [1.165, 1.54) is 4.88 Å². The molecule has 3 nitrogen and oxygen atoms in total. The Labute approximate surface area is 149 Å². The van der Waals surface area contributed by atoms with Crippen molar-refractivity contribution in [3.05, 3.63) is 22.4 Å². The molecule has 3 saturated carbocycles. The van der Waals surface area contributed by atoms with Crippen LogP contribution in [-0.4, -0.2) is 36.6 Å². The van der Waals surface area contributed by atoms with Crippen LogP contribution in [0.1, 0.15) is 37.0 Å². The van der Waals surface area contributed by atoms with Crippen molar-refractivity contribution in [1.82, 2.24) is 10.2 Å². The Morgan fingerprint density at radius 2 is 2.12 bits per heavy atom. The minimum atomic E-state index is -4.15. The van der Waals surface area contributed by atoms with Gasteiger partial charge in [-0.3, -0.25) is 9.69 Å². The van der Waals surface area contributed by atoms with E-state index >= 15 is 0 Å². The third kappa shape index (κ3) is 2.99. The number of carbonyl (C=O) groups excluding carboxylic acids is 1. The molecule has 0 aromatic carbocycles. The molecule has 0 spiro atoms. The highest BCUT2D eigenvalue weighted by molar-refractivity contribution is 7.09. The summed E-state index contributed by atoms with van der Waals surface area (Å²) in [4.78, 5) is 16.1. The van der Waals surface area contributed by atoms with Gasteiger partial charge in [-0.05, 0) is 56.0 Å². The zero-order chi connectivity index (χ0) is 17.7. The van der Waals surface area contributed by atoms with Gasteiger partial charge >= 0.3 is 6.18 Å². The second-order valence-electron chi connectivity index (χ2n) is 8.12. The molecule has 4 fully saturated rings. The molecule has 3 aliphatic carbocycles. The maximum absolute atomic E-state index is 12.9. The lowest BCUT2D eigenvalue weighted by molar-refractivity contribution is -0.351. The number of thiophene rings is 1. The van der Waals surface area contributed by atoms with Crippen LogP contribution in [0.2, 0.25) is 0 Å². The van der Waals surface area contributed by atoms with Crippen molar-refractivity contribution < 1.29 is 18.0 Å². The predicted octanol–water partition coefficient (Wildman–Crippen LogP) is 3.81. The largest absolute Gasteiger partial charge is 0.394 e. The molecule has 2 heterocycles. The third-order valence-electron chi connectivity index (χ3n) is 6.23. The first kappa shape index (κ1) is 17.3. The van der Waals surface area contributed by atoms with Gasteiger partial charge in [0, 0.05) is 24.5 Å². The number of halogens is 3. The molecule has 7 heteroatoms. The third-order valence-corrected chi connectivity index (χ3v) is 7.09. The Morgan fingerprint density at radius 3 is 2.76 bits per heavy atom. The van der Waals surface area contributed by atoms with Crippen molar-refractivity contribution >= 4 is 17.2 Å². The second kappa shape index (κ2) is 5.98. The summed E-state index contributed by atoms with van der Waals surface area (Å²) in [6, 6.07) is 4.19. The first-order valence-electron chi connectivity index (χ1n) is 8.92. The first-order chi connectivity index (χ1) is 11.8. The van der Waals surface area contributed by atoms with E-state index in [1.54, 1.807) is 11.3 Å². The lowest BCUT2D eigenvalue weighted by atomic mass is 9.34. The number of hydrogen-bond donors (Lipinski definition) is 1. The number of likely N-dealkylation sites (tertiary alicyclic amines) is 1. The van der Waals surface area contributed by atoms with Gasteiger partial charge in [-0.25, -0.2) is 0 Å². The normalized spacial score (nSPS) is 34.9. The first-order valence-corrected chi connectivity index (χ1v) is 9.80. The number of nitrogens with one attached hydrogen (secondary N) is 1. The Morgan fingerprint density at radius 1 is 1.36 bits per heavy atom. The van der Waals surface area contributed by atoms with E-state index in [1.807, 2.05) is 0 Å². The fourth-order valence-corrected chi connectivity index (χ4v) is 5.58. The van der Waals surface area contributed by atoms with Gasteiger partial charge in [-0.2, -0.15) is 13.2 Å². The molecule has 1 aromatic heterocycles. The van der Waals surface area contributed by atoms with E-state index in [4.69, 9.17) is 0 Å². The summed E-state index contributed by atoms with van der Waals surface area (Å²) in [5.41, 5.74) is -2.27. The van der Waals surface area contributed by atoms with Crippen LogP contribution in [0.5, 0.6) is 0 Å². The van der Waals surface area contributed by atoms with Gasteiger partial charge in [0.05, 0.1) is 10.8 Å². The Balaban J connectivity index is 1.23. The molecule has 1 N–H and O–H groups in total. The standard InChI is InChI=1S/C18H23F3N2OS/c19-18(20,21)17-10-16(11-17,12-17)15(24)22-7-13-3-1-5-23(8-13)9-14-4-2-6-25-14/h2,4,6,13H,1,3,5,7-12H2,(H,22,24)/t13-,16?,17?/m1/s1. The van der Waals surface area contributed by atoms with Gasteiger partial charge in [-0.1, -0.05) is 6.07 Å². The van der Waals surface area contributed by atoms with Crippen molar-refractivity contribution in [2.45, 2.75) is 44.8 Å². The number of rotatable bonds is 5. The summed E-state index contributed by atoms with van der Waals surface area (Å²) in [5, 5.41) is 5.03. The highest BCUT2D eigenvalue weighted by atomic mass is 32.1. The molecule has 1 aromatic rings. The van der Waals surface area contributed by atoms with Crippen LogP contribution >= 0.6 is 11.3 Å². The summed E-state index contributed by atoms with van der Waals surface area (Å²) in [5.74, 6) is 0.232. The van der Waals surface area contributed by atoms with Crippen LogP contribution in [0.25, 0.3) is 0 Å². The summed E-state index contributed by atoms with van der Waals surface area (Å²) in [6.07, 6.45) is -2.00. The molecule has 0 unspecified atom stereocenters. The van der Waals surface area contributed by atoms with Crippen molar-refractivity contribution in [3.8, 4) is 0 Å². The van der Waals surface area contributed by atoms with Gasteiger partial charge in [-0.15, -0.1) is 11.3 Å². The van der Waals surface area contributed by atoms with Crippen LogP contribution in [0.15, 0.2) is 17.5 Å². The summed E-state index contributed by atoms with van der Waals surface area (Å²) < 4.78 is 38.7. The monoisotopic (exact) mass is 372 g/mol. The van der Waals surface area contributed by atoms with E-state index in [0.29, 0.717) is 12.5 Å². The maximum Gasteiger partial charge on any atom is 0.394 e. The maximum atomic E-state index is 12.9. The average molecular weight is 372 g/mol. The number of nitrogens with zero attached hydrogens (tertiary/aromatic N) is 1. The molecule has 1 atom stereocenters. The average Bonchev–Trinajstić information content (AvgIpc) is 2.94. The molecule has 1 saturated heterocycles. The fraction of sp³-hybridized carbons (Fsp3) is 0.722. The molecule has 1 aliphatic heterocycles. The SMILES string of the molecule is O=C(NC[C@H]1CCCN(Cc2cccs2)C1)C12CC(C(F)(F)F)(C1)C2. The molecule has 2 bridgehead atoms. The van der Waals surface area contributed by atoms with E-state index in [2.05, 4.69) is 27.7 Å². The van der Waals surface area contributed by atoms with Crippen LogP contribution < -0.4 is 5.32 Å². The molecule has 4 aliphatic rings. The number of alkyl halides is 3. The van der Waals surface area contributed by atoms with E-state index < -0.39 is 17.0 Å². The van der Waals surface area contributed by atoms with Gasteiger partial charge in [0.1, 0.15) is 0 Å². The molecule has 25 heavy (non-hydrogen) atoms. The van der Waals surface area contributed by atoms with Crippen LogP contribution in [0.3, 0.4) is 0 Å². The second-order valence-corrected chi connectivity index (χ2v) is 9.15. The lowest BCUT2D eigenvalue weighted by Crippen LogP contribution is -2.72. The Bertz CT molecular complexity index is 623. The molecular formula is C18H23F3N2OS. The predicted molar refractivity (Wildman–Crippen MR) is 90.1 cm³/mol. The summed E-state index contributed by atoms with van der Waals surface area (Å²) >= 11 is 1.75. The smallest absolute Gasteiger partial charge is 0.355 e. The quantitative estimate of drug-likeness (QED) is 0.853. The highest BCUT2D eigenvalue weighted by Crippen LogP contribution is 2.78. The van der Waals surface area contributed by atoms with Crippen molar-refractivity contribution in [3.63, 3.8) is 0 Å². The number of carbonyl (C=O) groups is 1. The summed E-state index contributed by atoms with van der Waals surface area (Å²) in [7, 11) is 0. The van der Waals surface area contributed by atoms with Gasteiger partial charge in [0.15, 0.2) is 0 Å². The summed E-state index contributed by atoms with van der Waals surface area (Å²) in [6.45, 7) is 3.54. The van der Waals surface area contributed by atoms with E-state index in [9.17, 15) is 18.0 Å². The molecular weight excluding hydrogens is 349 g/mol. The lowest BCUT2D eigenvalue weighted by Gasteiger charge is -2.69. The Kier molecular flexibility index (Phi) is 4.15. The van der Waals surface area contributed by atoms with E-state index in [-0.39, 0.29) is 25.2 Å². The molecule has 138 valence electrons. The minimum absolute atomic E-state index is 0.00942. The minimum Gasteiger partial charge on any atom is -0.355 e. The van der Waals surface area contributed by atoms with Gasteiger partial charge < -0.3 is 5.32 Å². The Hall–Kier alpha value is -1.08. The number of amides is 1. The zero-order valence-electron chi connectivity index (χ0n) is 14.1. The number of hydrogen-bond acceptors (Lipinski definition) is 3. The van der Waals surface area contributed by atoms with Crippen LogP contribution in [0.4, 0.5) is 13.2 Å². The number of piperidine rings is 1. The van der Waals surface area contributed by atoms with E-state index in [0.717, 1.165) is 32.5 Å². The topological polar surface area (TPSA) is 32.3 Å². The fourth-order valence-electron chi connectivity index (χ4n) is 4.84. The van der Waals surface area contributed by atoms with Crippen LogP contribution in [0, 0.1) is 16.7 Å². The van der Waals surface area contributed by atoms with Gasteiger partial charge in [0.25, 0.3) is 0 Å². The van der Waals surface area contributed by atoms with Crippen molar-refractivity contribution in [1.29, 1.82) is 0 Å². The van der Waals surface area contributed by atoms with Gasteiger partial charge in [0.2, 0.25) is 5.91 Å². The van der Waals surface area contributed by atoms with Crippen LogP contribution in [-0.2, 0) is 11.3 Å². The van der Waals surface area contributed by atoms with Crippen molar-refractivity contribution in [2.75, 3.05) is 19.6 Å². The van der Waals surface area contributed by atoms with Crippen molar-refractivity contribution in [2.24, 2.45) is 16.7 Å². The molecule has 0 radical (unpaired) electrons.